The van der Waals surface area contributed by atoms with Gasteiger partial charge in [0.1, 0.15) is 11.6 Å². The fourth-order valence-electron chi connectivity index (χ4n) is 0.602. The average molecular weight is 164 g/mol. The lowest BCUT2D eigenvalue weighted by Gasteiger charge is -1.97. The van der Waals surface area contributed by atoms with E-state index in [0.29, 0.717) is 0 Å². The average Bonchev–Trinajstić information content (AvgIpc) is 2.09. The summed E-state index contributed by atoms with van der Waals surface area (Å²) in [7, 11) is 0. The molecular formula is C8H5FN2O. The van der Waals surface area contributed by atoms with Crippen molar-refractivity contribution in [2.45, 2.75) is 0 Å². The minimum atomic E-state index is -0.603. The van der Waals surface area contributed by atoms with E-state index in [9.17, 15) is 9.18 Å². The van der Waals surface area contributed by atoms with Crippen molar-refractivity contribution in [1.29, 1.82) is 0 Å². The molecule has 4 heteroatoms. The third-order valence-corrected chi connectivity index (χ3v) is 1.10. The molecule has 60 valence electrons. The Kier molecular flexibility index (Phi) is 2.38. The second-order valence-electron chi connectivity index (χ2n) is 1.96. The van der Waals surface area contributed by atoms with Gasteiger partial charge in [0, 0.05) is 0 Å². The number of aromatic nitrogens is 1. The molecule has 12 heavy (non-hydrogen) atoms. The molecule has 1 aromatic heterocycles. The molecule has 1 heterocycles. The number of carbonyl (C=O) groups excluding carboxylic acids is 1. The predicted octanol–water partition coefficient (Wildman–Crippen LogP) is 0.792. The molecule has 0 aliphatic carbocycles. The van der Waals surface area contributed by atoms with Gasteiger partial charge in [0.2, 0.25) is 0 Å². The highest BCUT2D eigenvalue weighted by Gasteiger charge is 1.97. The Morgan fingerprint density at radius 1 is 1.67 bits per heavy atom. The van der Waals surface area contributed by atoms with Crippen LogP contribution in [0.2, 0.25) is 0 Å². The van der Waals surface area contributed by atoms with Crippen LogP contribution in [0, 0.1) is 18.2 Å². The molecule has 1 N–H and O–H groups in total. The van der Waals surface area contributed by atoms with Crippen molar-refractivity contribution in [2.75, 3.05) is 5.32 Å². The number of carbonyl (C=O) groups is 1. The topological polar surface area (TPSA) is 42.0 Å². The monoisotopic (exact) mass is 164 g/mol. The highest BCUT2D eigenvalue weighted by Crippen LogP contribution is 2.02. The highest BCUT2D eigenvalue weighted by molar-refractivity contribution is 6.02. The van der Waals surface area contributed by atoms with Gasteiger partial charge in [-0.05, 0) is 18.1 Å². The van der Waals surface area contributed by atoms with Crippen LogP contribution in [0.1, 0.15) is 0 Å². The molecule has 0 radical (unpaired) electrons. The fourth-order valence-corrected chi connectivity index (χ4v) is 0.602. The number of hydrogen-bond acceptors (Lipinski definition) is 2. The van der Waals surface area contributed by atoms with Crippen LogP contribution in [0.3, 0.4) is 0 Å². The SMILES string of the molecule is C#CC(=O)Nc1ccc(F)cn1. The lowest BCUT2D eigenvalue weighted by atomic mass is 10.4. The van der Waals surface area contributed by atoms with E-state index in [1.54, 1.807) is 0 Å². The van der Waals surface area contributed by atoms with E-state index in [-0.39, 0.29) is 5.82 Å². The number of nitrogens with one attached hydrogen (secondary N) is 1. The summed E-state index contributed by atoms with van der Waals surface area (Å²) in [5.41, 5.74) is 0. The van der Waals surface area contributed by atoms with Crippen LogP contribution in [-0.4, -0.2) is 10.9 Å². The van der Waals surface area contributed by atoms with Gasteiger partial charge in [-0.25, -0.2) is 9.37 Å². The lowest BCUT2D eigenvalue weighted by Crippen LogP contribution is -2.09. The van der Waals surface area contributed by atoms with Crippen LogP contribution in [0.15, 0.2) is 18.3 Å². The quantitative estimate of drug-likeness (QED) is 0.623. The molecule has 0 aliphatic rings. The zero-order valence-corrected chi connectivity index (χ0v) is 6.04. The molecule has 0 fully saturated rings. The third kappa shape index (κ3) is 2.06. The Morgan fingerprint density at radius 2 is 2.42 bits per heavy atom. The number of halogens is 1. The van der Waals surface area contributed by atoms with Crippen LogP contribution in [-0.2, 0) is 4.79 Å². The van der Waals surface area contributed by atoms with Gasteiger partial charge in [0.05, 0.1) is 6.20 Å². The van der Waals surface area contributed by atoms with Crippen LogP contribution in [0.25, 0.3) is 0 Å². The Labute approximate surface area is 68.6 Å². The number of anilines is 1. The first kappa shape index (κ1) is 8.21. The van der Waals surface area contributed by atoms with E-state index in [0.717, 1.165) is 6.20 Å². The summed E-state index contributed by atoms with van der Waals surface area (Å²) in [5.74, 6) is 1.01. The van der Waals surface area contributed by atoms with E-state index in [1.165, 1.54) is 12.1 Å². The number of terminal acetylenes is 1. The van der Waals surface area contributed by atoms with Crippen LogP contribution in [0.4, 0.5) is 10.2 Å². The molecule has 0 atom stereocenters. The lowest BCUT2D eigenvalue weighted by molar-refractivity contribution is -0.111. The van der Waals surface area contributed by atoms with Crippen LogP contribution in [0.5, 0.6) is 0 Å². The van der Waals surface area contributed by atoms with E-state index >= 15 is 0 Å². The maximum Gasteiger partial charge on any atom is 0.301 e. The van der Waals surface area contributed by atoms with Crippen molar-refractivity contribution in [3.63, 3.8) is 0 Å². The first-order chi connectivity index (χ1) is 5.72. The van der Waals surface area contributed by atoms with Crippen molar-refractivity contribution < 1.29 is 9.18 Å². The molecule has 0 spiro atoms. The number of rotatable bonds is 1. The fraction of sp³-hybridized carbons (Fsp3) is 0. The molecule has 0 unspecified atom stereocenters. The molecular weight excluding hydrogens is 159 g/mol. The summed E-state index contributed by atoms with van der Waals surface area (Å²) in [6.45, 7) is 0. The van der Waals surface area contributed by atoms with E-state index in [2.05, 4.69) is 10.3 Å². The first-order valence-corrected chi connectivity index (χ1v) is 3.11. The second kappa shape index (κ2) is 3.49. The maximum atomic E-state index is 12.3. The summed E-state index contributed by atoms with van der Waals surface area (Å²) >= 11 is 0. The summed E-state index contributed by atoms with van der Waals surface area (Å²) < 4.78 is 12.3. The van der Waals surface area contributed by atoms with Crippen molar-refractivity contribution in [1.82, 2.24) is 4.98 Å². The zero-order chi connectivity index (χ0) is 8.97. The molecule has 3 nitrogen and oxygen atoms in total. The van der Waals surface area contributed by atoms with E-state index in [1.807, 2.05) is 5.92 Å². The zero-order valence-electron chi connectivity index (χ0n) is 6.04. The predicted molar refractivity (Wildman–Crippen MR) is 41.7 cm³/mol. The van der Waals surface area contributed by atoms with Crippen molar-refractivity contribution in [3.8, 4) is 12.3 Å². The van der Waals surface area contributed by atoms with E-state index in [4.69, 9.17) is 6.42 Å². The summed E-state index contributed by atoms with van der Waals surface area (Å²) in [6.07, 6.45) is 5.78. The summed E-state index contributed by atoms with van der Waals surface area (Å²) in [5, 5.41) is 2.27. The first-order valence-electron chi connectivity index (χ1n) is 3.11. The normalized spacial score (nSPS) is 8.67. The highest BCUT2D eigenvalue weighted by atomic mass is 19.1. The Bertz CT molecular complexity index is 326. The third-order valence-electron chi connectivity index (χ3n) is 1.10. The van der Waals surface area contributed by atoms with Gasteiger partial charge in [-0.2, -0.15) is 0 Å². The smallest absolute Gasteiger partial charge is 0.300 e. The Balaban J connectivity index is 2.73. The van der Waals surface area contributed by atoms with Gasteiger partial charge in [-0.3, -0.25) is 10.1 Å². The molecule has 0 bridgehead atoms. The molecule has 1 aromatic rings. The molecule has 0 aromatic carbocycles. The minimum Gasteiger partial charge on any atom is -0.300 e. The van der Waals surface area contributed by atoms with Gasteiger partial charge in [-0.15, -0.1) is 6.42 Å². The van der Waals surface area contributed by atoms with Crippen molar-refractivity contribution >= 4 is 11.7 Å². The van der Waals surface area contributed by atoms with Gasteiger partial charge in [0.25, 0.3) is 0 Å². The molecule has 1 rings (SSSR count). The summed E-state index contributed by atoms with van der Waals surface area (Å²) in [6, 6.07) is 2.50. The number of hydrogen-bond donors (Lipinski definition) is 1. The number of nitrogens with zero attached hydrogens (tertiary/aromatic N) is 1. The molecule has 1 amide bonds. The largest absolute Gasteiger partial charge is 0.301 e. The summed E-state index contributed by atoms with van der Waals surface area (Å²) in [4.78, 5) is 14.1. The molecule has 0 saturated heterocycles. The Hall–Kier alpha value is -1.89. The van der Waals surface area contributed by atoms with Crippen LogP contribution >= 0.6 is 0 Å². The molecule has 0 saturated carbocycles. The standard InChI is InChI=1S/C8H5FN2O/c1-2-8(12)11-7-4-3-6(9)5-10-7/h1,3-5H,(H,10,11,12). The molecule has 0 aliphatic heterocycles. The minimum absolute atomic E-state index is 0.236. The van der Waals surface area contributed by atoms with Crippen molar-refractivity contribution in [3.05, 3.63) is 24.1 Å². The van der Waals surface area contributed by atoms with Crippen LogP contribution < -0.4 is 5.32 Å². The van der Waals surface area contributed by atoms with Gasteiger partial charge < -0.3 is 0 Å². The number of amides is 1. The van der Waals surface area contributed by atoms with Gasteiger partial charge in [0.15, 0.2) is 0 Å². The Morgan fingerprint density at radius 3 is 2.92 bits per heavy atom. The van der Waals surface area contributed by atoms with Gasteiger partial charge >= 0.3 is 5.91 Å². The second-order valence-corrected chi connectivity index (χ2v) is 1.96. The number of pyridine rings is 1. The van der Waals surface area contributed by atoms with Gasteiger partial charge in [-0.1, -0.05) is 0 Å². The maximum absolute atomic E-state index is 12.3. The van der Waals surface area contributed by atoms with Crippen molar-refractivity contribution in [2.24, 2.45) is 0 Å². The van der Waals surface area contributed by atoms with E-state index < -0.39 is 11.7 Å².